The van der Waals surface area contributed by atoms with E-state index in [2.05, 4.69) is 10.00 Å². The number of nitrogen functional groups attached to an aromatic ring is 1. The van der Waals surface area contributed by atoms with Gasteiger partial charge in [0, 0.05) is 37.5 Å². The van der Waals surface area contributed by atoms with Crippen LogP contribution in [0.15, 0.2) is 30.6 Å². The van der Waals surface area contributed by atoms with Crippen LogP contribution in [0.25, 0.3) is 0 Å². The average Bonchev–Trinajstić information content (AvgIpc) is 2.73. The Morgan fingerprint density at radius 1 is 1.35 bits per heavy atom. The smallest absolute Gasteiger partial charge is 0.124 e. The van der Waals surface area contributed by atoms with Crippen molar-refractivity contribution in [1.29, 1.82) is 5.41 Å². The zero-order valence-electron chi connectivity index (χ0n) is 11.6. The van der Waals surface area contributed by atoms with Crippen molar-refractivity contribution in [3.63, 3.8) is 0 Å². The van der Waals surface area contributed by atoms with Gasteiger partial charge in [0.15, 0.2) is 0 Å². The fourth-order valence-electron chi connectivity index (χ4n) is 2.13. The first-order valence-corrected chi connectivity index (χ1v) is 6.24. The molecule has 0 amide bonds. The van der Waals surface area contributed by atoms with Crippen LogP contribution >= 0.6 is 0 Å². The van der Waals surface area contributed by atoms with Gasteiger partial charge in [0.25, 0.3) is 0 Å². The van der Waals surface area contributed by atoms with Crippen LogP contribution in [0.2, 0.25) is 0 Å². The van der Waals surface area contributed by atoms with Crippen LogP contribution < -0.4 is 5.73 Å². The van der Waals surface area contributed by atoms with Gasteiger partial charge in [-0.2, -0.15) is 5.10 Å². The van der Waals surface area contributed by atoms with E-state index in [0.29, 0.717) is 12.1 Å². The third kappa shape index (κ3) is 3.64. The fourth-order valence-corrected chi connectivity index (χ4v) is 2.13. The normalized spacial score (nSPS) is 11.0. The Hall–Kier alpha value is -2.21. The van der Waals surface area contributed by atoms with Crippen molar-refractivity contribution < 1.29 is 4.39 Å². The molecule has 0 saturated heterocycles. The largest absolute Gasteiger partial charge is 0.384 e. The minimum atomic E-state index is -0.373. The maximum atomic E-state index is 13.5. The molecule has 1 aromatic heterocycles. The number of aryl methyl sites for hydroxylation is 1. The molecule has 0 radical (unpaired) electrons. The van der Waals surface area contributed by atoms with Gasteiger partial charge >= 0.3 is 0 Å². The van der Waals surface area contributed by atoms with Crippen LogP contribution in [0.3, 0.4) is 0 Å². The molecular formula is C14H18FN5. The zero-order valence-corrected chi connectivity index (χ0v) is 11.6. The van der Waals surface area contributed by atoms with Crippen molar-refractivity contribution in [2.45, 2.75) is 13.1 Å². The highest BCUT2D eigenvalue weighted by molar-refractivity contribution is 5.95. The second-order valence-electron chi connectivity index (χ2n) is 4.96. The molecule has 6 heteroatoms. The number of nitrogens with two attached hydrogens (primary N) is 1. The second-order valence-corrected chi connectivity index (χ2v) is 4.96. The Labute approximate surface area is 117 Å². The van der Waals surface area contributed by atoms with Crippen LogP contribution in [0.1, 0.15) is 16.7 Å². The molecule has 3 N–H and O–H groups in total. The van der Waals surface area contributed by atoms with Crippen molar-refractivity contribution in [2.75, 3.05) is 7.05 Å². The quantitative estimate of drug-likeness (QED) is 0.641. The SMILES string of the molecule is CN(Cc1cc(F)cc(C(=N)N)c1)Cc1cnn(C)c1. The van der Waals surface area contributed by atoms with E-state index >= 15 is 0 Å². The number of nitrogens with zero attached hydrogens (tertiary/aromatic N) is 3. The number of hydrogen-bond acceptors (Lipinski definition) is 3. The van der Waals surface area contributed by atoms with E-state index in [1.54, 1.807) is 10.7 Å². The summed E-state index contributed by atoms with van der Waals surface area (Å²) in [6.07, 6.45) is 3.76. The molecule has 20 heavy (non-hydrogen) atoms. The summed E-state index contributed by atoms with van der Waals surface area (Å²) in [4.78, 5) is 2.05. The fraction of sp³-hybridized carbons (Fsp3) is 0.286. The zero-order chi connectivity index (χ0) is 14.7. The molecule has 5 nitrogen and oxygen atoms in total. The molecule has 0 aliphatic rings. The molecule has 0 fully saturated rings. The van der Waals surface area contributed by atoms with Gasteiger partial charge in [-0.05, 0) is 30.8 Å². The number of hydrogen-bond donors (Lipinski definition) is 2. The van der Waals surface area contributed by atoms with E-state index in [-0.39, 0.29) is 11.7 Å². The Bertz CT molecular complexity index is 620. The number of halogens is 1. The van der Waals surface area contributed by atoms with Crippen LogP contribution in [-0.4, -0.2) is 27.6 Å². The Morgan fingerprint density at radius 3 is 2.65 bits per heavy atom. The lowest BCUT2D eigenvalue weighted by molar-refractivity contribution is 0.318. The van der Waals surface area contributed by atoms with Gasteiger partial charge in [0.1, 0.15) is 11.7 Å². The lowest BCUT2D eigenvalue weighted by Gasteiger charge is -2.16. The van der Waals surface area contributed by atoms with Crippen molar-refractivity contribution in [1.82, 2.24) is 14.7 Å². The molecule has 2 aromatic rings. The molecule has 1 heterocycles. The maximum absolute atomic E-state index is 13.5. The Kier molecular flexibility index (Phi) is 4.14. The van der Waals surface area contributed by atoms with Crippen molar-refractivity contribution in [3.05, 3.63) is 53.1 Å². The van der Waals surface area contributed by atoms with Gasteiger partial charge in [-0.25, -0.2) is 4.39 Å². The van der Waals surface area contributed by atoms with Gasteiger partial charge < -0.3 is 5.73 Å². The number of benzene rings is 1. The lowest BCUT2D eigenvalue weighted by atomic mass is 10.1. The Morgan fingerprint density at radius 2 is 2.05 bits per heavy atom. The van der Waals surface area contributed by atoms with Crippen LogP contribution in [0, 0.1) is 11.2 Å². The Balaban J connectivity index is 2.07. The summed E-state index contributed by atoms with van der Waals surface area (Å²) in [7, 11) is 3.82. The summed E-state index contributed by atoms with van der Waals surface area (Å²) in [5.74, 6) is -0.497. The van der Waals surface area contributed by atoms with E-state index in [1.165, 1.54) is 12.1 Å². The van der Waals surface area contributed by atoms with Gasteiger partial charge in [0.05, 0.1) is 6.20 Å². The third-order valence-electron chi connectivity index (χ3n) is 2.93. The summed E-state index contributed by atoms with van der Waals surface area (Å²) in [5, 5.41) is 11.5. The minimum absolute atomic E-state index is 0.124. The molecule has 0 aliphatic heterocycles. The molecule has 0 aliphatic carbocycles. The minimum Gasteiger partial charge on any atom is -0.384 e. The lowest BCUT2D eigenvalue weighted by Crippen LogP contribution is -2.18. The molecule has 0 spiro atoms. The summed E-state index contributed by atoms with van der Waals surface area (Å²) in [5.41, 5.74) is 7.70. The van der Waals surface area contributed by atoms with Crippen molar-refractivity contribution >= 4 is 5.84 Å². The third-order valence-corrected chi connectivity index (χ3v) is 2.93. The number of aromatic nitrogens is 2. The first-order valence-electron chi connectivity index (χ1n) is 6.24. The second kappa shape index (κ2) is 5.83. The number of amidine groups is 1. The molecular weight excluding hydrogens is 257 g/mol. The topological polar surface area (TPSA) is 70.9 Å². The number of rotatable bonds is 5. The molecule has 0 saturated carbocycles. The van der Waals surface area contributed by atoms with Crippen LogP contribution in [0.5, 0.6) is 0 Å². The van der Waals surface area contributed by atoms with Gasteiger partial charge in [-0.1, -0.05) is 0 Å². The van der Waals surface area contributed by atoms with E-state index in [0.717, 1.165) is 17.7 Å². The van der Waals surface area contributed by atoms with Gasteiger partial charge in [-0.3, -0.25) is 15.0 Å². The molecule has 1 aromatic carbocycles. The highest BCUT2D eigenvalue weighted by Crippen LogP contribution is 2.12. The van der Waals surface area contributed by atoms with E-state index in [4.69, 9.17) is 11.1 Å². The monoisotopic (exact) mass is 275 g/mol. The standard InChI is InChI=1S/C14H18FN5/c1-19(8-11-6-18-20(2)9-11)7-10-3-12(14(16)17)5-13(15)4-10/h3-6,9H,7-8H2,1-2H3,(H3,16,17). The van der Waals surface area contributed by atoms with E-state index in [1.807, 2.05) is 26.5 Å². The first kappa shape index (κ1) is 14.2. The number of nitrogens with one attached hydrogen (secondary N) is 1. The molecule has 0 atom stereocenters. The molecule has 106 valence electrons. The van der Waals surface area contributed by atoms with Gasteiger partial charge in [0.2, 0.25) is 0 Å². The van der Waals surface area contributed by atoms with E-state index < -0.39 is 0 Å². The van der Waals surface area contributed by atoms with Crippen LogP contribution in [-0.2, 0) is 20.1 Å². The summed E-state index contributed by atoms with van der Waals surface area (Å²) in [6.45, 7) is 1.30. The highest BCUT2D eigenvalue weighted by Gasteiger charge is 2.07. The summed E-state index contributed by atoms with van der Waals surface area (Å²) in [6, 6.07) is 4.48. The molecule has 0 bridgehead atoms. The molecule has 0 unspecified atom stereocenters. The maximum Gasteiger partial charge on any atom is 0.124 e. The molecule has 2 rings (SSSR count). The van der Waals surface area contributed by atoms with E-state index in [9.17, 15) is 4.39 Å². The average molecular weight is 275 g/mol. The first-order chi connectivity index (χ1) is 9.44. The predicted molar refractivity (Wildman–Crippen MR) is 75.8 cm³/mol. The summed E-state index contributed by atoms with van der Waals surface area (Å²) < 4.78 is 15.2. The van der Waals surface area contributed by atoms with Crippen LogP contribution in [0.4, 0.5) is 4.39 Å². The van der Waals surface area contributed by atoms with Crippen molar-refractivity contribution in [2.24, 2.45) is 12.8 Å². The van der Waals surface area contributed by atoms with Crippen molar-refractivity contribution in [3.8, 4) is 0 Å². The summed E-state index contributed by atoms with van der Waals surface area (Å²) >= 11 is 0. The highest BCUT2D eigenvalue weighted by atomic mass is 19.1. The van der Waals surface area contributed by atoms with Gasteiger partial charge in [-0.15, -0.1) is 0 Å². The predicted octanol–water partition coefficient (Wildman–Crippen LogP) is 1.48.